The van der Waals surface area contributed by atoms with Crippen molar-refractivity contribution in [1.82, 2.24) is 16.0 Å². The standard InChI is InChI=1S/C21H18F3N3O3/c22-21(23,24)16-4-2-1-3-15(16)11-25-17(28)13-5-6-14-10-20(8-7-12(14)9-13)18(29)26-19(30)27-20/h1-6,9H,7-8,10-11H2,(H,25,28)(H2,26,27,29,30). The lowest BCUT2D eigenvalue weighted by Crippen LogP contribution is -2.51. The summed E-state index contributed by atoms with van der Waals surface area (Å²) < 4.78 is 39.3. The van der Waals surface area contributed by atoms with Crippen LogP contribution in [0.2, 0.25) is 0 Å². The minimum absolute atomic E-state index is 0.0127. The van der Waals surface area contributed by atoms with Crippen LogP contribution in [0.5, 0.6) is 0 Å². The highest BCUT2D eigenvalue weighted by molar-refractivity contribution is 6.07. The van der Waals surface area contributed by atoms with Crippen LogP contribution in [-0.2, 0) is 30.4 Å². The van der Waals surface area contributed by atoms with Gasteiger partial charge in [-0.05, 0) is 47.7 Å². The molecule has 1 unspecified atom stereocenters. The summed E-state index contributed by atoms with van der Waals surface area (Å²) in [7, 11) is 0. The minimum Gasteiger partial charge on any atom is -0.348 e. The molecule has 9 heteroatoms. The van der Waals surface area contributed by atoms with Gasteiger partial charge in [0.25, 0.3) is 11.8 Å². The van der Waals surface area contributed by atoms with Crippen molar-refractivity contribution in [3.8, 4) is 0 Å². The first kappa shape index (κ1) is 19.9. The van der Waals surface area contributed by atoms with Crippen LogP contribution >= 0.6 is 0 Å². The van der Waals surface area contributed by atoms with Crippen molar-refractivity contribution in [2.45, 2.75) is 37.5 Å². The van der Waals surface area contributed by atoms with Gasteiger partial charge in [0.15, 0.2) is 0 Å². The first-order valence-corrected chi connectivity index (χ1v) is 9.37. The molecule has 1 saturated heterocycles. The zero-order valence-electron chi connectivity index (χ0n) is 15.7. The average molecular weight is 417 g/mol. The SMILES string of the molecule is O=C1NC(=O)C2(CCc3cc(C(=O)NCc4ccccc4C(F)(F)F)ccc3C2)N1. The normalized spacial score (nSPS) is 20.5. The second-order valence-electron chi connectivity index (χ2n) is 7.49. The second kappa shape index (κ2) is 7.16. The Kier molecular flexibility index (Phi) is 4.76. The van der Waals surface area contributed by atoms with E-state index >= 15 is 0 Å². The Balaban J connectivity index is 1.47. The van der Waals surface area contributed by atoms with E-state index in [1.54, 1.807) is 18.2 Å². The molecule has 1 fully saturated rings. The van der Waals surface area contributed by atoms with Gasteiger partial charge >= 0.3 is 12.2 Å². The van der Waals surface area contributed by atoms with Crippen LogP contribution in [0.3, 0.4) is 0 Å². The summed E-state index contributed by atoms with van der Waals surface area (Å²) >= 11 is 0. The molecule has 2 aromatic rings. The van der Waals surface area contributed by atoms with Crippen molar-refractivity contribution in [2.75, 3.05) is 0 Å². The minimum atomic E-state index is -4.49. The quantitative estimate of drug-likeness (QED) is 0.671. The number of hydrogen-bond acceptors (Lipinski definition) is 3. The van der Waals surface area contributed by atoms with E-state index < -0.39 is 29.2 Å². The number of urea groups is 1. The molecule has 0 saturated carbocycles. The van der Waals surface area contributed by atoms with Crippen LogP contribution in [0.1, 0.15) is 39.0 Å². The number of halogens is 3. The van der Waals surface area contributed by atoms with Gasteiger partial charge in [0, 0.05) is 18.5 Å². The molecule has 1 heterocycles. The van der Waals surface area contributed by atoms with E-state index in [-0.39, 0.29) is 18.0 Å². The van der Waals surface area contributed by atoms with E-state index in [0.29, 0.717) is 24.8 Å². The maximum Gasteiger partial charge on any atom is 0.416 e. The fourth-order valence-electron chi connectivity index (χ4n) is 3.99. The van der Waals surface area contributed by atoms with Gasteiger partial charge in [-0.2, -0.15) is 13.2 Å². The monoisotopic (exact) mass is 417 g/mol. The number of hydrogen-bond donors (Lipinski definition) is 3. The van der Waals surface area contributed by atoms with Gasteiger partial charge in [0.05, 0.1) is 5.56 Å². The Morgan fingerprint density at radius 3 is 2.57 bits per heavy atom. The molecule has 4 rings (SSSR count). The number of benzene rings is 2. The Bertz CT molecular complexity index is 1050. The van der Waals surface area contributed by atoms with Gasteiger partial charge in [-0.1, -0.05) is 24.3 Å². The van der Waals surface area contributed by atoms with Crippen LogP contribution in [0.25, 0.3) is 0 Å². The van der Waals surface area contributed by atoms with E-state index in [9.17, 15) is 27.6 Å². The number of carbonyl (C=O) groups excluding carboxylic acids is 3. The van der Waals surface area contributed by atoms with Crippen LogP contribution in [0.15, 0.2) is 42.5 Å². The van der Waals surface area contributed by atoms with Crippen molar-refractivity contribution >= 4 is 17.8 Å². The Labute approximate surface area is 169 Å². The first-order valence-electron chi connectivity index (χ1n) is 9.37. The van der Waals surface area contributed by atoms with Crippen molar-refractivity contribution in [3.63, 3.8) is 0 Å². The fourth-order valence-corrected chi connectivity index (χ4v) is 3.99. The molecule has 0 bridgehead atoms. The number of amides is 4. The van der Waals surface area contributed by atoms with Crippen molar-refractivity contribution in [3.05, 3.63) is 70.3 Å². The predicted octanol–water partition coefficient (Wildman–Crippen LogP) is 2.70. The summed E-state index contributed by atoms with van der Waals surface area (Å²) in [5.41, 5.74) is 0.290. The smallest absolute Gasteiger partial charge is 0.348 e. The number of nitrogens with one attached hydrogen (secondary N) is 3. The van der Waals surface area contributed by atoms with Crippen molar-refractivity contribution in [2.24, 2.45) is 0 Å². The van der Waals surface area contributed by atoms with Crippen LogP contribution in [0.4, 0.5) is 18.0 Å². The fraction of sp³-hybridized carbons (Fsp3) is 0.286. The molecule has 1 spiro atoms. The molecule has 1 atom stereocenters. The summed E-state index contributed by atoms with van der Waals surface area (Å²) in [5.74, 6) is -0.842. The van der Waals surface area contributed by atoms with E-state index in [1.807, 2.05) is 0 Å². The molecule has 4 amide bonds. The van der Waals surface area contributed by atoms with Crippen LogP contribution < -0.4 is 16.0 Å². The van der Waals surface area contributed by atoms with Crippen LogP contribution in [0, 0.1) is 0 Å². The highest BCUT2D eigenvalue weighted by Crippen LogP contribution is 2.33. The maximum absolute atomic E-state index is 13.1. The lowest BCUT2D eigenvalue weighted by atomic mass is 9.77. The molecule has 156 valence electrons. The molecule has 2 aliphatic rings. The summed E-state index contributed by atoms with van der Waals surface area (Å²) in [6, 6.07) is 9.55. The van der Waals surface area contributed by atoms with Crippen molar-refractivity contribution in [1.29, 1.82) is 0 Å². The molecule has 1 aliphatic heterocycles. The number of aryl methyl sites for hydroxylation is 1. The third-order valence-corrected chi connectivity index (χ3v) is 5.56. The highest BCUT2D eigenvalue weighted by atomic mass is 19.4. The van der Waals surface area contributed by atoms with Gasteiger partial charge in [-0.3, -0.25) is 14.9 Å². The van der Waals surface area contributed by atoms with Gasteiger partial charge in [0.1, 0.15) is 5.54 Å². The molecule has 0 radical (unpaired) electrons. The summed E-state index contributed by atoms with van der Waals surface area (Å²) in [5, 5.41) is 7.47. The zero-order chi connectivity index (χ0) is 21.5. The molecule has 2 aromatic carbocycles. The van der Waals surface area contributed by atoms with E-state index in [2.05, 4.69) is 16.0 Å². The van der Waals surface area contributed by atoms with E-state index in [0.717, 1.165) is 17.2 Å². The van der Waals surface area contributed by atoms with E-state index in [4.69, 9.17) is 0 Å². The molecule has 3 N–H and O–H groups in total. The average Bonchev–Trinajstić information content (AvgIpc) is 2.97. The third-order valence-electron chi connectivity index (χ3n) is 5.56. The molecule has 1 aliphatic carbocycles. The Hall–Kier alpha value is -3.36. The largest absolute Gasteiger partial charge is 0.416 e. The van der Waals surface area contributed by atoms with Crippen molar-refractivity contribution < 1.29 is 27.6 Å². The highest BCUT2D eigenvalue weighted by Gasteiger charge is 2.47. The second-order valence-corrected chi connectivity index (χ2v) is 7.49. The lowest BCUT2D eigenvalue weighted by molar-refractivity contribution is -0.138. The summed E-state index contributed by atoms with van der Waals surface area (Å²) in [6.45, 7) is -0.249. The topological polar surface area (TPSA) is 87.3 Å². The third kappa shape index (κ3) is 3.62. The molecular weight excluding hydrogens is 399 g/mol. The van der Waals surface area contributed by atoms with E-state index in [1.165, 1.54) is 18.2 Å². The zero-order valence-corrected chi connectivity index (χ0v) is 15.7. The van der Waals surface area contributed by atoms with Gasteiger partial charge in [-0.25, -0.2) is 4.79 Å². The van der Waals surface area contributed by atoms with Crippen LogP contribution in [-0.4, -0.2) is 23.4 Å². The number of carbonyl (C=O) groups is 3. The lowest BCUT2D eigenvalue weighted by Gasteiger charge is -2.32. The maximum atomic E-state index is 13.1. The number of fused-ring (bicyclic) bond motifs is 1. The predicted molar refractivity (Wildman–Crippen MR) is 100 cm³/mol. The molecule has 6 nitrogen and oxygen atoms in total. The number of rotatable bonds is 3. The Morgan fingerprint density at radius 2 is 1.87 bits per heavy atom. The molecule has 30 heavy (non-hydrogen) atoms. The molecular formula is C21H18F3N3O3. The van der Waals surface area contributed by atoms with Gasteiger partial charge in [0.2, 0.25) is 0 Å². The summed E-state index contributed by atoms with van der Waals surface area (Å²) in [4.78, 5) is 36.1. The van der Waals surface area contributed by atoms with Gasteiger partial charge in [-0.15, -0.1) is 0 Å². The number of imide groups is 1. The first-order chi connectivity index (χ1) is 14.2. The number of alkyl halides is 3. The van der Waals surface area contributed by atoms with Gasteiger partial charge < -0.3 is 10.6 Å². The molecule has 0 aromatic heterocycles. The Morgan fingerprint density at radius 1 is 1.10 bits per heavy atom. The summed E-state index contributed by atoms with van der Waals surface area (Å²) in [6.07, 6.45) is -3.28.